The van der Waals surface area contributed by atoms with Gasteiger partial charge in [0, 0.05) is 19.2 Å². The molecular weight excluding hydrogens is 162 g/mol. The Labute approximate surface area is 82.0 Å². The molecule has 0 aromatic carbocycles. The van der Waals surface area contributed by atoms with E-state index in [2.05, 4.69) is 26.1 Å². The number of hydrogen-bond donors (Lipinski definition) is 1. The van der Waals surface area contributed by atoms with Gasteiger partial charge in [-0.1, -0.05) is 20.8 Å². The maximum Gasteiger partial charge on any atom is 0.0591 e. The predicted molar refractivity (Wildman–Crippen MR) is 55.8 cm³/mol. The monoisotopic (exact) mass is 185 g/mol. The van der Waals surface area contributed by atoms with Gasteiger partial charge in [0.15, 0.2) is 0 Å². The van der Waals surface area contributed by atoms with Crippen molar-refractivity contribution in [3.63, 3.8) is 0 Å². The van der Waals surface area contributed by atoms with E-state index in [-0.39, 0.29) is 0 Å². The summed E-state index contributed by atoms with van der Waals surface area (Å²) in [6.45, 7) is 9.56. The van der Waals surface area contributed by atoms with E-state index < -0.39 is 0 Å². The standard InChI is InChI=1S/C11H23NO/c1-9(2)4-6-13-7-5-12-11-8-10(11)3/h9-12H,4-8H2,1-3H3. The van der Waals surface area contributed by atoms with Gasteiger partial charge in [-0.25, -0.2) is 0 Å². The van der Waals surface area contributed by atoms with Gasteiger partial charge in [-0.15, -0.1) is 0 Å². The zero-order valence-electron chi connectivity index (χ0n) is 9.18. The Morgan fingerprint density at radius 3 is 2.62 bits per heavy atom. The topological polar surface area (TPSA) is 21.3 Å². The molecule has 2 nitrogen and oxygen atoms in total. The van der Waals surface area contributed by atoms with Gasteiger partial charge >= 0.3 is 0 Å². The van der Waals surface area contributed by atoms with E-state index in [1.165, 1.54) is 12.8 Å². The van der Waals surface area contributed by atoms with Crippen molar-refractivity contribution < 1.29 is 4.74 Å². The minimum atomic E-state index is 0.761. The van der Waals surface area contributed by atoms with Crippen LogP contribution in [0, 0.1) is 11.8 Å². The maximum atomic E-state index is 5.50. The van der Waals surface area contributed by atoms with Crippen LogP contribution in [0.1, 0.15) is 33.6 Å². The summed E-state index contributed by atoms with van der Waals surface area (Å²) < 4.78 is 5.50. The lowest BCUT2D eigenvalue weighted by Crippen LogP contribution is -2.23. The summed E-state index contributed by atoms with van der Waals surface area (Å²) in [7, 11) is 0. The molecule has 1 fully saturated rings. The van der Waals surface area contributed by atoms with E-state index in [9.17, 15) is 0 Å². The van der Waals surface area contributed by atoms with Crippen molar-refractivity contribution in [1.29, 1.82) is 0 Å². The molecule has 0 spiro atoms. The van der Waals surface area contributed by atoms with Crippen molar-refractivity contribution in [1.82, 2.24) is 5.32 Å². The van der Waals surface area contributed by atoms with Gasteiger partial charge in [0.1, 0.15) is 0 Å². The first-order valence-corrected chi connectivity index (χ1v) is 5.51. The van der Waals surface area contributed by atoms with Crippen LogP contribution < -0.4 is 5.32 Å². The third-order valence-electron chi connectivity index (χ3n) is 2.60. The van der Waals surface area contributed by atoms with Crippen molar-refractivity contribution in [3.8, 4) is 0 Å². The fourth-order valence-electron chi connectivity index (χ4n) is 1.34. The predicted octanol–water partition coefficient (Wildman–Crippen LogP) is 2.05. The van der Waals surface area contributed by atoms with E-state index in [4.69, 9.17) is 4.74 Å². The Morgan fingerprint density at radius 1 is 1.38 bits per heavy atom. The molecule has 0 amide bonds. The molecule has 0 radical (unpaired) electrons. The first kappa shape index (κ1) is 11.0. The van der Waals surface area contributed by atoms with Crippen LogP contribution in [-0.4, -0.2) is 25.8 Å². The highest BCUT2D eigenvalue weighted by Gasteiger charge is 2.31. The van der Waals surface area contributed by atoms with E-state index in [1.54, 1.807) is 0 Å². The molecule has 1 rings (SSSR count). The smallest absolute Gasteiger partial charge is 0.0591 e. The Balaban J connectivity index is 1.74. The molecule has 1 aliphatic rings. The highest BCUT2D eigenvalue weighted by atomic mass is 16.5. The van der Waals surface area contributed by atoms with Gasteiger partial charge in [-0.2, -0.15) is 0 Å². The number of rotatable bonds is 7. The second-order valence-corrected chi connectivity index (χ2v) is 4.57. The molecule has 78 valence electrons. The maximum absolute atomic E-state index is 5.50. The SMILES string of the molecule is CC(C)CCOCCNC1CC1C. The van der Waals surface area contributed by atoms with E-state index in [0.717, 1.165) is 37.6 Å². The largest absolute Gasteiger partial charge is 0.380 e. The van der Waals surface area contributed by atoms with Crippen molar-refractivity contribution in [2.75, 3.05) is 19.8 Å². The Bertz CT molecular complexity index is 136. The van der Waals surface area contributed by atoms with E-state index >= 15 is 0 Å². The highest BCUT2D eigenvalue weighted by Crippen LogP contribution is 2.28. The average Bonchev–Trinajstić information content (AvgIpc) is 2.74. The van der Waals surface area contributed by atoms with E-state index in [1.807, 2.05) is 0 Å². The normalized spacial score (nSPS) is 26.8. The second-order valence-electron chi connectivity index (χ2n) is 4.57. The number of ether oxygens (including phenoxy) is 1. The van der Waals surface area contributed by atoms with Crippen LogP contribution in [-0.2, 0) is 4.74 Å². The van der Waals surface area contributed by atoms with Crippen molar-refractivity contribution in [2.24, 2.45) is 11.8 Å². The van der Waals surface area contributed by atoms with Gasteiger partial charge in [-0.05, 0) is 24.7 Å². The Hall–Kier alpha value is -0.0800. The molecule has 2 heteroatoms. The lowest BCUT2D eigenvalue weighted by molar-refractivity contribution is 0.125. The van der Waals surface area contributed by atoms with Crippen molar-refractivity contribution >= 4 is 0 Å². The summed E-state index contributed by atoms with van der Waals surface area (Å²) in [5, 5.41) is 3.47. The summed E-state index contributed by atoms with van der Waals surface area (Å²) in [6.07, 6.45) is 2.53. The number of nitrogens with one attached hydrogen (secondary N) is 1. The summed E-state index contributed by atoms with van der Waals surface area (Å²) >= 11 is 0. The third-order valence-corrected chi connectivity index (χ3v) is 2.60. The zero-order valence-corrected chi connectivity index (χ0v) is 9.18. The Kier molecular flexibility index (Phi) is 4.74. The summed E-state index contributed by atoms with van der Waals surface area (Å²) in [4.78, 5) is 0. The molecular formula is C11H23NO. The van der Waals surface area contributed by atoms with Crippen LogP contribution in [0.4, 0.5) is 0 Å². The van der Waals surface area contributed by atoms with Crippen LogP contribution in [0.25, 0.3) is 0 Å². The molecule has 1 N–H and O–H groups in total. The van der Waals surface area contributed by atoms with Crippen LogP contribution in [0.5, 0.6) is 0 Å². The molecule has 1 aliphatic carbocycles. The molecule has 0 aromatic rings. The van der Waals surface area contributed by atoms with Crippen LogP contribution >= 0.6 is 0 Å². The molecule has 0 heterocycles. The van der Waals surface area contributed by atoms with Gasteiger partial charge < -0.3 is 10.1 Å². The van der Waals surface area contributed by atoms with Crippen molar-refractivity contribution in [2.45, 2.75) is 39.7 Å². The highest BCUT2D eigenvalue weighted by molar-refractivity contribution is 4.89. The molecule has 0 aliphatic heterocycles. The van der Waals surface area contributed by atoms with Crippen molar-refractivity contribution in [3.05, 3.63) is 0 Å². The van der Waals surface area contributed by atoms with Gasteiger partial charge in [-0.3, -0.25) is 0 Å². The molecule has 2 atom stereocenters. The minimum absolute atomic E-state index is 0.761. The molecule has 1 saturated carbocycles. The molecule has 0 saturated heterocycles. The fraction of sp³-hybridized carbons (Fsp3) is 1.00. The van der Waals surface area contributed by atoms with Crippen LogP contribution in [0.15, 0.2) is 0 Å². The number of hydrogen-bond acceptors (Lipinski definition) is 2. The van der Waals surface area contributed by atoms with Gasteiger partial charge in [0.2, 0.25) is 0 Å². The van der Waals surface area contributed by atoms with E-state index in [0.29, 0.717) is 0 Å². The van der Waals surface area contributed by atoms with Crippen LogP contribution in [0.3, 0.4) is 0 Å². The zero-order chi connectivity index (χ0) is 9.68. The molecule has 2 unspecified atom stereocenters. The first-order chi connectivity index (χ1) is 6.20. The van der Waals surface area contributed by atoms with Gasteiger partial charge in [0.05, 0.1) is 6.61 Å². The first-order valence-electron chi connectivity index (χ1n) is 5.51. The average molecular weight is 185 g/mol. The quantitative estimate of drug-likeness (QED) is 0.613. The fourth-order valence-corrected chi connectivity index (χ4v) is 1.34. The van der Waals surface area contributed by atoms with Gasteiger partial charge in [0.25, 0.3) is 0 Å². The lowest BCUT2D eigenvalue weighted by atomic mass is 10.1. The second kappa shape index (κ2) is 5.61. The molecule has 13 heavy (non-hydrogen) atoms. The molecule has 0 aromatic heterocycles. The summed E-state index contributed by atoms with van der Waals surface area (Å²) in [6, 6.07) is 0.786. The lowest BCUT2D eigenvalue weighted by Gasteiger charge is -2.06. The third kappa shape index (κ3) is 5.27. The van der Waals surface area contributed by atoms with Crippen LogP contribution in [0.2, 0.25) is 0 Å². The summed E-state index contributed by atoms with van der Waals surface area (Å²) in [5.74, 6) is 1.66. The minimum Gasteiger partial charge on any atom is -0.380 e. The Morgan fingerprint density at radius 2 is 2.08 bits per heavy atom. The molecule has 0 bridgehead atoms. The summed E-state index contributed by atoms with van der Waals surface area (Å²) in [5.41, 5.74) is 0.